The molecule has 0 fully saturated rings. The molecule has 3 aromatic rings. The fraction of sp³-hybridized carbons (Fsp3) is 0.214. The molecule has 22 heavy (non-hydrogen) atoms. The first kappa shape index (κ1) is 14.3. The Hall–Kier alpha value is -2.61. The Morgan fingerprint density at radius 2 is 2.23 bits per heavy atom. The molecule has 0 aliphatic rings. The van der Waals surface area contributed by atoms with Crippen LogP contribution in [0.3, 0.4) is 0 Å². The Kier molecular flexibility index (Phi) is 4.19. The van der Waals surface area contributed by atoms with Gasteiger partial charge in [0.15, 0.2) is 4.80 Å². The van der Waals surface area contributed by atoms with Crippen LogP contribution in [0.2, 0.25) is 0 Å². The maximum atomic E-state index is 11.8. The highest BCUT2D eigenvalue weighted by atomic mass is 32.1. The molecule has 8 heteroatoms. The molecule has 0 saturated heterocycles. The standard InChI is InChI=1S/C14H13N5O2S/c1-19-8-9-22-14(19)16-11(20)2-3-12-17-13(18-21-12)10-4-6-15-7-5-10/h4-9H,2-3H2,1H3. The van der Waals surface area contributed by atoms with E-state index in [1.165, 1.54) is 11.3 Å². The van der Waals surface area contributed by atoms with Crippen molar-refractivity contribution in [2.24, 2.45) is 12.0 Å². The van der Waals surface area contributed by atoms with Gasteiger partial charge in [0.25, 0.3) is 0 Å². The monoisotopic (exact) mass is 315 g/mol. The van der Waals surface area contributed by atoms with Gasteiger partial charge in [-0.2, -0.15) is 9.98 Å². The minimum Gasteiger partial charge on any atom is -0.339 e. The fourth-order valence-corrected chi connectivity index (χ4v) is 2.53. The third-order valence-corrected chi connectivity index (χ3v) is 3.79. The Bertz CT molecular complexity index is 834. The van der Waals surface area contributed by atoms with Crippen LogP contribution in [0.1, 0.15) is 12.3 Å². The number of amides is 1. The summed E-state index contributed by atoms with van der Waals surface area (Å²) in [6, 6.07) is 3.60. The minimum absolute atomic E-state index is 0.207. The van der Waals surface area contributed by atoms with Crippen LogP contribution in [0.25, 0.3) is 11.4 Å². The molecule has 0 aliphatic heterocycles. The number of nitrogens with zero attached hydrogens (tertiary/aromatic N) is 5. The van der Waals surface area contributed by atoms with Crippen molar-refractivity contribution in [1.82, 2.24) is 19.7 Å². The van der Waals surface area contributed by atoms with E-state index in [4.69, 9.17) is 4.52 Å². The van der Waals surface area contributed by atoms with Gasteiger partial charge in [-0.15, -0.1) is 11.3 Å². The number of thiazole rings is 1. The predicted molar refractivity (Wildman–Crippen MR) is 79.7 cm³/mol. The zero-order valence-electron chi connectivity index (χ0n) is 11.8. The third kappa shape index (κ3) is 3.34. The van der Waals surface area contributed by atoms with Crippen molar-refractivity contribution >= 4 is 17.2 Å². The van der Waals surface area contributed by atoms with Gasteiger partial charge < -0.3 is 9.09 Å². The van der Waals surface area contributed by atoms with Crippen LogP contribution >= 0.6 is 11.3 Å². The first-order valence-corrected chi connectivity index (χ1v) is 7.51. The second-order valence-corrected chi connectivity index (χ2v) is 5.42. The largest absolute Gasteiger partial charge is 0.339 e. The maximum absolute atomic E-state index is 11.8. The molecule has 0 aliphatic carbocycles. The summed E-state index contributed by atoms with van der Waals surface area (Å²) in [6.07, 6.45) is 5.78. The summed E-state index contributed by atoms with van der Waals surface area (Å²) in [6.45, 7) is 0. The van der Waals surface area contributed by atoms with E-state index >= 15 is 0 Å². The zero-order valence-corrected chi connectivity index (χ0v) is 12.7. The third-order valence-electron chi connectivity index (χ3n) is 2.94. The molecular weight excluding hydrogens is 302 g/mol. The molecule has 0 atom stereocenters. The highest BCUT2D eigenvalue weighted by molar-refractivity contribution is 7.07. The van der Waals surface area contributed by atoms with Crippen molar-refractivity contribution in [3.63, 3.8) is 0 Å². The minimum atomic E-state index is -0.207. The molecular formula is C14H13N5O2S. The molecule has 0 bridgehead atoms. The van der Waals surface area contributed by atoms with Gasteiger partial charge in [-0.25, -0.2) is 0 Å². The summed E-state index contributed by atoms with van der Waals surface area (Å²) in [5, 5.41) is 5.78. The normalized spacial score (nSPS) is 11.8. The highest BCUT2D eigenvalue weighted by Gasteiger charge is 2.10. The topological polar surface area (TPSA) is 86.2 Å². The van der Waals surface area contributed by atoms with Gasteiger partial charge in [-0.05, 0) is 12.1 Å². The predicted octanol–water partition coefficient (Wildman–Crippen LogP) is 1.59. The number of aromatic nitrogens is 4. The van der Waals surface area contributed by atoms with E-state index in [2.05, 4.69) is 20.1 Å². The molecule has 1 amide bonds. The average Bonchev–Trinajstić information content (AvgIpc) is 3.16. The molecule has 0 radical (unpaired) electrons. The number of carbonyl (C=O) groups excluding carboxylic acids is 1. The van der Waals surface area contributed by atoms with Crippen LogP contribution in [0.4, 0.5) is 0 Å². The fourth-order valence-electron chi connectivity index (χ4n) is 1.79. The van der Waals surface area contributed by atoms with Crippen molar-refractivity contribution < 1.29 is 9.32 Å². The average molecular weight is 315 g/mol. The first-order valence-electron chi connectivity index (χ1n) is 6.63. The molecule has 3 aromatic heterocycles. The van der Waals surface area contributed by atoms with Crippen LogP contribution < -0.4 is 4.80 Å². The lowest BCUT2D eigenvalue weighted by Crippen LogP contribution is -2.12. The van der Waals surface area contributed by atoms with Crippen molar-refractivity contribution in [3.8, 4) is 11.4 Å². The van der Waals surface area contributed by atoms with Gasteiger partial charge in [-0.1, -0.05) is 5.16 Å². The highest BCUT2D eigenvalue weighted by Crippen LogP contribution is 2.14. The van der Waals surface area contributed by atoms with Gasteiger partial charge in [0.05, 0.1) is 0 Å². The van der Waals surface area contributed by atoms with Crippen molar-refractivity contribution in [3.05, 3.63) is 46.8 Å². The molecule has 0 N–H and O–H groups in total. The van der Waals surface area contributed by atoms with Gasteiger partial charge in [0.2, 0.25) is 17.6 Å². The van der Waals surface area contributed by atoms with Crippen LogP contribution in [-0.4, -0.2) is 25.6 Å². The number of aryl methyl sites for hydroxylation is 2. The Morgan fingerprint density at radius 1 is 1.41 bits per heavy atom. The first-order chi connectivity index (χ1) is 10.7. The van der Waals surface area contributed by atoms with Crippen LogP contribution in [0.5, 0.6) is 0 Å². The number of rotatable bonds is 4. The Morgan fingerprint density at radius 3 is 2.95 bits per heavy atom. The lowest BCUT2D eigenvalue weighted by atomic mass is 10.2. The summed E-state index contributed by atoms with van der Waals surface area (Å²) in [4.78, 5) is 24.8. The maximum Gasteiger partial charge on any atom is 0.248 e. The smallest absolute Gasteiger partial charge is 0.248 e. The second-order valence-electron chi connectivity index (χ2n) is 4.55. The Labute approximate surface area is 130 Å². The second kappa shape index (κ2) is 6.44. The number of pyridine rings is 1. The molecule has 112 valence electrons. The lowest BCUT2D eigenvalue weighted by Gasteiger charge is -1.92. The van der Waals surface area contributed by atoms with Crippen molar-refractivity contribution in [2.75, 3.05) is 0 Å². The molecule has 0 unspecified atom stereocenters. The quantitative estimate of drug-likeness (QED) is 0.730. The summed E-state index contributed by atoms with van der Waals surface area (Å²) < 4.78 is 6.95. The van der Waals surface area contributed by atoms with Crippen LogP contribution in [-0.2, 0) is 18.3 Å². The van der Waals surface area contributed by atoms with E-state index in [0.29, 0.717) is 22.9 Å². The van der Waals surface area contributed by atoms with E-state index in [1.807, 2.05) is 18.6 Å². The zero-order chi connectivity index (χ0) is 15.4. The SMILES string of the molecule is Cn1ccsc1=NC(=O)CCc1nc(-c2ccncc2)no1. The molecule has 0 saturated carbocycles. The molecule has 3 rings (SSSR count). The Balaban J connectivity index is 1.64. The number of carbonyl (C=O) groups is 1. The summed E-state index contributed by atoms with van der Waals surface area (Å²) >= 11 is 1.42. The molecule has 0 aromatic carbocycles. The summed E-state index contributed by atoms with van der Waals surface area (Å²) in [7, 11) is 1.85. The van der Waals surface area contributed by atoms with Crippen LogP contribution in [0.15, 0.2) is 45.6 Å². The van der Waals surface area contributed by atoms with E-state index in [-0.39, 0.29) is 12.3 Å². The van der Waals surface area contributed by atoms with Gasteiger partial charge in [0.1, 0.15) is 0 Å². The van der Waals surface area contributed by atoms with E-state index in [0.717, 1.165) is 5.56 Å². The summed E-state index contributed by atoms with van der Waals surface area (Å²) in [5.74, 6) is 0.707. The van der Waals surface area contributed by atoms with Crippen LogP contribution in [0, 0.1) is 0 Å². The van der Waals surface area contributed by atoms with E-state index in [9.17, 15) is 4.79 Å². The number of hydrogen-bond donors (Lipinski definition) is 0. The molecule has 7 nitrogen and oxygen atoms in total. The van der Waals surface area contributed by atoms with E-state index < -0.39 is 0 Å². The van der Waals surface area contributed by atoms with Gasteiger partial charge >= 0.3 is 0 Å². The molecule has 3 heterocycles. The van der Waals surface area contributed by atoms with Gasteiger partial charge in [-0.3, -0.25) is 9.78 Å². The number of hydrogen-bond acceptors (Lipinski definition) is 6. The summed E-state index contributed by atoms with van der Waals surface area (Å²) in [5.41, 5.74) is 0.826. The van der Waals surface area contributed by atoms with Crippen molar-refractivity contribution in [2.45, 2.75) is 12.8 Å². The van der Waals surface area contributed by atoms with E-state index in [1.54, 1.807) is 29.1 Å². The van der Waals surface area contributed by atoms with Crippen molar-refractivity contribution in [1.29, 1.82) is 0 Å². The lowest BCUT2D eigenvalue weighted by molar-refractivity contribution is -0.118. The van der Waals surface area contributed by atoms with Gasteiger partial charge in [0, 0.05) is 49.4 Å². The molecule has 0 spiro atoms.